The van der Waals surface area contributed by atoms with Crippen molar-refractivity contribution in [3.8, 4) is 0 Å². The van der Waals surface area contributed by atoms with Crippen LogP contribution in [0.25, 0.3) is 0 Å². The van der Waals surface area contributed by atoms with Gasteiger partial charge in [0.05, 0.1) is 18.7 Å². The van der Waals surface area contributed by atoms with E-state index in [0.29, 0.717) is 18.1 Å². The molecule has 0 radical (unpaired) electrons. The molecule has 0 aliphatic carbocycles. The Morgan fingerprint density at radius 3 is 2.67 bits per heavy atom. The van der Waals surface area contributed by atoms with Gasteiger partial charge in [-0.25, -0.2) is 0 Å². The molecule has 144 valence electrons. The van der Waals surface area contributed by atoms with Gasteiger partial charge in [0.25, 0.3) is 0 Å². The number of benzene rings is 1. The summed E-state index contributed by atoms with van der Waals surface area (Å²) in [5, 5.41) is 14.0. The predicted octanol–water partition coefficient (Wildman–Crippen LogP) is 1.95. The van der Waals surface area contributed by atoms with Crippen molar-refractivity contribution in [1.82, 2.24) is 30.6 Å². The van der Waals surface area contributed by atoms with Crippen LogP contribution in [0.5, 0.6) is 0 Å². The molecule has 2 atom stereocenters. The highest BCUT2D eigenvalue weighted by Crippen LogP contribution is 2.15. The number of aryl methyl sites for hydroxylation is 1. The summed E-state index contributed by atoms with van der Waals surface area (Å²) in [6.07, 6.45) is 4.03. The fourth-order valence-electron chi connectivity index (χ4n) is 2.69. The molecule has 0 spiro atoms. The van der Waals surface area contributed by atoms with Crippen molar-refractivity contribution in [2.45, 2.75) is 25.4 Å². The highest BCUT2D eigenvalue weighted by molar-refractivity contribution is 5.85. The Balaban J connectivity index is 0.00000261. The largest absolute Gasteiger partial charge is 0.345 e. The van der Waals surface area contributed by atoms with Crippen molar-refractivity contribution in [1.29, 1.82) is 0 Å². The van der Waals surface area contributed by atoms with Crippen molar-refractivity contribution >= 4 is 18.3 Å². The lowest BCUT2D eigenvalue weighted by Crippen LogP contribution is -2.37. The molecule has 27 heavy (non-hydrogen) atoms. The molecule has 2 N–H and O–H groups in total. The summed E-state index contributed by atoms with van der Waals surface area (Å²) in [6.45, 7) is 1.82. The fourth-order valence-corrected chi connectivity index (χ4v) is 2.69. The number of nitrogens with one attached hydrogen (secondary N) is 2. The van der Waals surface area contributed by atoms with E-state index in [-0.39, 0.29) is 24.4 Å². The zero-order valence-corrected chi connectivity index (χ0v) is 16.2. The maximum Gasteiger partial charge on any atom is 0.242 e. The van der Waals surface area contributed by atoms with E-state index in [2.05, 4.69) is 25.9 Å². The van der Waals surface area contributed by atoms with Crippen molar-refractivity contribution in [2.24, 2.45) is 7.05 Å². The van der Waals surface area contributed by atoms with Crippen molar-refractivity contribution in [3.63, 3.8) is 0 Å². The summed E-state index contributed by atoms with van der Waals surface area (Å²) >= 11 is 0. The smallest absolute Gasteiger partial charge is 0.242 e. The fraction of sp³-hybridized carbons (Fsp3) is 0.333. The van der Waals surface area contributed by atoms with Crippen LogP contribution in [0.4, 0.5) is 0 Å². The molecule has 0 saturated heterocycles. The highest BCUT2D eigenvalue weighted by atomic mass is 35.5. The van der Waals surface area contributed by atoms with E-state index in [9.17, 15) is 4.79 Å². The van der Waals surface area contributed by atoms with Crippen molar-refractivity contribution in [2.75, 3.05) is 7.05 Å². The third-order valence-electron chi connectivity index (χ3n) is 4.04. The van der Waals surface area contributed by atoms with Gasteiger partial charge in [-0.2, -0.15) is 10.1 Å². The first-order valence-corrected chi connectivity index (χ1v) is 8.39. The lowest BCUT2D eigenvalue weighted by atomic mass is 10.1. The van der Waals surface area contributed by atoms with Crippen LogP contribution in [0.1, 0.15) is 41.8 Å². The minimum Gasteiger partial charge on any atom is -0.345 e. The summed E-state index contributed by atoms with van der Waals surface area (Å²) in [5.41, 5.74) is 1.88. The monoisotopic (exact) mass is 390 g/mol. The molecule has 2 unspecified atom stereocenters. The van der Waals surface area contributed by atoms with Gasteiger partial charge in [0.2, 0.25) is 11.8 Å². The van der Waals surface area contributed by atoms with Crippen LogP contribution in [0.15, 0.2) is 47.2 Å². The van der Waals surface area contributed by atoms with E-state index in [0.717, 1.165) is 11.1 Å². The van der Waals surface area contributed by atoms with Crippen molar-refractivity contribution < 1.29 is 9.32 Å². The second-order valence-corrected chi connectivity index (χ2v) is 6.11. The van der Waals surface area contributed by atoms with Gasteiger partial charge in [-0.15, -0.1) is 12.4 Å². The lowest BCUT2D eigenvalue weighted by molar-refractivity contribution is -0.123. The summed E-state index contributed by atoms with van der Waals surface area (Å²) in [5.74, 6) is 0.789. The number of nitrogens with zero attached hydrogens (tertiary/aromatic N) is 4. The highest BCUT2D eigenvalue weighted by Gasteiger charge is 2.24. The maximum atomic E-state index is 12.6. The van der Waals surface area contributed by atoms with Gasteiger partial charge in [-0.1, -0.05) is 35.5 Å². The topological polar surface area (TPSA) is 97.9 Å². The van der Waals surface area contributed by atoms with E-state index in [1.807, 2.05) is 44.3 Å². The number of carbonyl (C=O) groups is 1. The number of rotatable bonds is 7. The van der Waals surface area contributed by atoms with Crippen LogP contribution < -0.4 is 10.6 Å². The lowest BCUT2D eigenvalue weighted by Gasteiger charge is -2.17. The van der Waals surface area contributed by atoms with Gasteiger partial charge in [-0.05, 0) is 19.5 Å². The molecule has 0 bridgehead atoms. The molecular formula is C18H23ClN6O2. The zero-order chi connectivity index (χ0) is 18.5. The second-order valence-electron chi connectivity index (χ2n) is 6.11. The molecule has 0 fully saturated rings. The van der Waals surface area contributed by atoms with Crippen LogP contribution in [0, 0.1) is 0 Å². The third-order valence-corrected chi connectivity index (χ3v) is 4.04. The molecular weight excluding hydrogens is 368 g/mol. The number of aromatic nitrogens is 4. The van der Waals surface area contributed by atoms with E-state index >= 15 is 0 Å². The van der Waals surface area contributed by atoms with Gasteiger partial charge in [0.1, 0.15) is 6.04 Å². The van der Waals surface area contributed by atoms with Crippen LogP contribution in [-0.4, -0.2) is 32.9 Å². The average Bonchev–Trinajstić information content (AvgIpc) is 3.26. The quantitative estimate of drug-likeness (QED) is 0.640. The number of amides is 1. The summed E-state index contributed by atoms with van der Waals surface area (Å²) in [6, 6.07) is 9.02. The SMILES string of the molecule is CNC(C(=O)NC(C)c1noc(Cc2ccccc2)n1)c1cnn(C)c1.Cl. The van der Waals surface area contributed by atoms with Crippen LogP contribution in [0.2, 0.25) is 0 Å². The first-order valence-electron chi connectivity index (χ1n) is 8.39. The first kappa shape index (κ1) is 20.6. The molecule has 0 saturated carbocycles. The predicted molar refractivity (Wildman–Crippen MR) is 102 cm³/mol. The number of hydrogen-bond acceptors (Lipinski definition) is 6. The molecule has 8 nitrogen and oxygen atoms in total. The minimum atomic E-state index is -0.498. The standard InChI is InChI=1S/C18H22N6O2.ClH/c1-12(21-18(25)16(19-2)14-10-20-24(3)11-14)17-22-15(26-23-17)9-13-7-5-4-6-8-13;/h4-8,10-12,16,19H,9H2,1-3H3,(H,21,25);1H. The van der Waals surface area contributed by atoms with Crippen LogP contribution >= 0.6 is 12.4 Å². The number of halogens is 1. The summed E-state index contributed by atoms with van der Waals surface area (Å²) in [7, 11) is 3.54. The Kier molecular flexibility index (Phi) is 7.09. The van der Waals surface area contributed by atoms with E-state index < -0.39 is 6.04 Å². The van der Waals surface area contributed by atoms with Gasteiger partial charge in [0.15, 0.2) is 5.82 Å². The summed E-state index contributed by atoms with van der Waals surface area (Å²) < 4.78 is 6.96. The molecule has 3 aromatic rings. The van der Waals surface area contributed by atoms with E-state index in [4.69, 9.17) is 4.52 Å². The maximum absolute atomic E-state index is 12.6. The molecule has 0 aliphatic heterocycles. The van der Waals surface area contributed by atoms with Crippen LogP contribution in [0.3, 0.4) is 0 Å². The Morgan fingerprint density at radius 1 is 1.30 bits per heavy atom. The molecule has 1 aromatic carbocycles. The van der Waals surface area contributed by atoms with Gasteiger partial charge in [0, 0.05) is 18.8 Å². The van der Waals surface area contributed by atoms with Gasteiger partial charge in [-0.3, -0.25) is 9.48 Å². The third kappa shape index (κ3) is 5.15. The number of likely N-dealkylation sites (N-methyl/N-ethyl adjacent to an activating group) is 1. The normalized spacial score (nSPS) is 12.9. The molecule has 3 rings (SSSR count). The Morgan fingerprint density at radius 2 is 2.04 bits per heavy atom. The first-order chi connectivity index (χ1) is 12.6. The Hall–Kier alpha value is -2.71. The van der Waals surface area contributed by atoms with Crippen molar-refractivity contribution in [3.05, 3.63) is 65.6 Å². The molecule has 1 amide bonds. The molecule has 9 heteroatoms. The zero-order valence-electron chi connectivity index (χ0n) is 15.4. The van der Waals surface area contributed by atoms with E-state index in [1.165, 1.54) is 0 Å². The van der Waals surface area contributed by atoms with E-state index in [1.54, 1.807) is 24.1 Å². The Labute approximate surface area is 163 Å². The summed E-state index contributed by atoms with van der Waals surface area (Å²) in [4.78, 5) is 17.0. The minimum absolute atomic E-state index is 0. The molecule has 0 aliphatic rings. The average molecular weight is 391 g/mol. The number of hydrogen-bond donors (Lipinski definition) is 2. The van der Waals surface area contributed by atoms with Crippen LogP contribution in [-0.2, 0) is 18.3 Å². The number of carbonyl (C=O) groups excluding carboxylic acids is 1. The van der Waals surface area contributed by atoms with Gasteiger partial charge < -0.3 is 15.2 Å². The second kappa shape index (κ2) is 9.29. The molecule has 2 aromatic heterocycles. The molecule has 2 heterocycles. The Bertz CT molecular complexity index is 864. The van der Waals surface area contributed by atoms with Gasteiger partial charge >= 0.3 is 0 Å².